The first-order valence-electron chi connectivity index (χ1n) is 8.62. The molecule has 1 atom stereocenters. The number of para-hydroxylation sites is 1. The number of benzene rings is 1. The van der Waals surface area contributed by atoms with E-state index in [0.29, 0.717) is 19.0 Å². The molecule has 4 nitrogen and oxygen atoms in total. The maximum atomic E-state index is 12.5. The summed E-state index contributed by atoms with van der Waals surface area (Å²) in [6.07, 6.45) is 3.15. The lowest BCUT2D eigenvalue weighted by molar-refractivity contribution is -0.130. The molecule has 23 heavy (non-hydrogen) atoms. The number of rotatable bonds is 5. The molecule has 1 aromatic carbocycles. The van der Waals surface area contributed by atoms with E-state index in [9.17, 15) is 4.79 Å². The van der Waals surface area contributed by atoms with E-state index in [4.69, 9.17) is 0 Å². The second-order valence-electron chi connectivity index (χ2n) is 6.50. The van der Waals surface area contributed by atoms with Crippen LogP contribution < -0.4 is 10.2 Å². The van der Waals surface area contributed by atoms with Crippen LogP contribution in [0.5, 0.6) is 0 Å². The van der Waals surface area contributed by atoms with Crippen molar-refractivity contribution in [3.63, 3.8) is 0 Å². The number of carbonyl (C=O) groups is 1. The molecular formula is C18H27N3OS. The van der Waals surface area contributed by atoms with E-state index in [1.54, 1.807) is 0 Å². The van der Waals surface area contributed by atoms with Gasteiger partial charge in [-0.15, -0.1) is 0 Å². The second kappa shape index (κ2) is 8.06. The van der Waals surface area contributed by atoms with Crippen LogP contribution in [-0.2, 0) is 11.3 Å². The van der Waals surface area contributed by atoms with Gasteiger partial charge in [-0.3, -0.25) is 4.79 Å². The Balaban J connectivity index is 1.60. The van der Waals surface area contributed by atoms with Crippen molar-refractivity contribution in [2.75, 3.05) is 43.1 Å². The van der Waals surface area contributed by atoms with E-state index in [2.05, 4.69) is 34.5 Å². The standard InChI is InChI=1S/C18H27N3OS/c1-20(18(22)12-16-14-23-11-8-19-16)13-15-6-2-3-7-17(15)21-9-4-5-10-21/h2-3,6-7,16,19H,4-5,8-14H2,1H3. The molecule has 2 saturated heterocycles. The third-order valence-corrected chi connectivity index (χ3v) is 5.82. The lowest BCUT2D eigenvalue weighted by atomic mass is 10.1. The molecule has 2 aliphatic rings. The molecule has 0 aromatic heterocycles. The minimum Gasteiger partial charge on any atom is -0.371 e. The highest BCUT2D eigenvalue weighted by Gasteiger charge is 2.21. The SMILES string of the molecule is CN(Cc1ccccc1N1CCCC1)C(=O)CC1CSCCN1. The van der Waals surface area contributed by atoms with Gasteiger partial charge in [-0.25, -0.2) is 0 Å². The van der Waals surface area contributed by atoms with E-state index in [1.807, 2.05) is 23.7 Å². The zero-order valence-electron chi connectivity index (χ0n) is 14.0. The first-order chi connectivity index (χ1) is 11.2. The molecule has 0 saturated carbocycles. The van der Waals surface area contributed by atoms with Crippen LogP contribution in [0, 0.1) is 0 Å². The Labute approximate surface area is 143 Å². The van der Waals surface area contributed by atoms with Crippen molar-refractivity contribution >= 4 is 23.4 Å². The molecular weight excluding hydrogens is 306 g/mol. The molecule has 1 amide bonds. The van der Waals surface area contributed by atoms with E-state index >= 15 is 0 Å². The molecule has 2 fully saturated rings. The Morgan fingerprint density at radius 1 is 1.35 bits per heavy atom. The zero-order chi connectivity index (χ0) is 16.1. The Hall–Kier alpha value is -1.20. The van der Waals surface area contributed by atoms with Gasteiger partial charge >= 0.3 is 0 Å². The summed E-state index contributed by atoms with van der Waals surface area (Å²) in [4.78, 5) is 16.8. The van der Waals surface area contributed by atoms with Gasteiger partial charge in [0.2, 0.25) is 5.91 Å². The van der Waals surface area contributed by atoms with Crippen molar-refractivity contribution in [2.45, 2.75) is 31.8 Å². The van der Waals surface area contributed by atoms with Gasteiger partial charge in [0.25, 0.3) is 0 Å². The number of amides is 1. The molecule has 3 rings (SSSR count). The smallest absolute Gasteiger partial charge is 0.224 e. The molecule has 0 spiro atoms. The summed E-state index contributed by atoms with van der Waals surface area (Å²) >= 11 is 1.94. The minimum atomic E-state index is 0.237. The average molecular weight is 334 g/mol. The van der Waals surface area contributed by atoms with Gasteiger partial charge in [0.15, 0.2) is 0 Å². The van der Waals surface area contributed by atoms with E-state index in [0.717, 1.165) is 31.1 Å². The third-order valence-electron chi connectivity index (χ3n) is 4.69. The number of anilines is 1. The van der Waals surface area contributed by atoms with Gasteiger partial charge in [0.1, 0.15) is 0 Å². The molecule has 0 bridgehead atoms. The van der Waals surface area contributed by atoms with Crippen molar-refractivity contribution in [3.05, 3.63) is 29.8 Å². The van der Waals surface area contributed by atoms with Gasteiger partial charge < -0.3 is 15.1 Å². The highest BCUT2D eigenvalue weighted by molar-refractivity contribution is 7.99. The minimum absolute atomic E-state index is 0.237. The number of thioether (sulfide) groups is 1. The summed E-state index contributed by atoms with van der Waals surface area (Å²) < 4.78 is 0. The summed E-state index contributed by atoms with van der Waals surface area (Å²) in [7, 11) is 1.93. The maximum Gasteiger partial charge on any atom is 0.224 e. The van der Waals surface area contributed by atoms with Crippen LogP contribution in [0.25, 0.3) is 0 Å². The molecule has 0 aliphatic carbocycles. The van der Waals surface area contributed by atoms with Crippen LogP contribution in [0.1, 0.15) is 24.8 Å². The number of nitrogens with zero attached hydrogens (tertiary/aromatic N) is 2. The van der Waals surface area contributed by atoms with Crippen molar-refractivity contribution in [2.24, 2.45) is 0 Å². The fourth-order valence-electron chi connectivity index (χ4n) is 3.37. The van der Waals surface area contributed by atoms with Gasteiger partial charge in [-0.1, -0.05) is 18.2 Å². The number of hydrogen-bond acceptors (Lipinski definition) is 4. The van der Waals surface area contributed by atoms with Crippen LogP contribution in [0.2, 0.25) is 0 Å². The Morgan fingerprint density at radius 2 is 2.13 bits per heavy atom. The van der Waals surface area contributed by atoms with Crippen molar-refractivity contribution in [1.82, 2.24) is 10.2 Å². The van der Waals surface area contributed by atoms with Crippen LogP contribution in [-0.4, -0.2) is 55.0 Å². The van der Waals surface area contributed by atoms with Crippen LogP contribution >= 0.6 is 11.8 Å². The largest absolute Gasteiger partial charge is 0.371 e. The summed E-state index contributed by atoms with van der Waals surface area (Å²) in [5.74, 6) is 2.44. The molecule has 1 N–H and O–H groups in total. The molecule has 0 radical (unpaired) electrons. The highest BCUT2D eigenvalue weighted by atomic mass is 32.2. The Kier molecular flexibility index (Phi) is 5.84. The van der Waals surface area contributed by atoms with E-state index in [-0.39, 0.29) is 5.91 Å². The number of nitrogens with one attached hydrogen (secondary N) is 1. The summed E-state index contributed by atoms with van der Waals surface area (Å²) in [6, 6.07) is 8.86. The Bertz CT molecular complexity index is 525. The quantitative estimate of drug-likeness (QED) is 0.897. The summed E-state index contributed by atoms with van der Waals surface area (Å²) in [5, 5.41) is 3.45. The lowest BCUT2D eigenvalue weighted by Crippen LogP contribution is -2.41. The van der Waals surface area contributed by atoms with Gasteiger partial charge in [-0.05, 0) is 24.5 Å². The monoisotopic (exact) mass is 333 g/mol. The molecule has 2 aliphatic heterocycles. The fourth-order valence-corrected chi connectivity index (χ4v) is 4.32. The van der Waals surface area contributed by atoms with Gasteiger partial charge in [0, 0.05) is 62.9 Å². The number of hydrogen-bond donors (Lipinski definition) is 1. The molecule has 126 valence electrons. The predicted octanol–water partition coefficient (Wildman–Crippen LogP) is 2.34. The summed E-state index contributed by atoms with van der Waals surface area (Å²) in [5.41, 5.74) is 2.56. The van der Waals surface area contributed by atoms with Crippen LogP contribution in [0.4, 0.5) is 5.69 Å². The topological polar surface area (TPSA) is 35.6 Å². The summed E-state index contributed by atoms with van der Waals surface area (Å²) in [6.45, 7) is 3.99. The predicted molar refractivity (Wildman–Crippen MR) is 98.1 cm³/mol. The number of carbonyl (C=O) groups excluding carboxylic acids is 1. The lowest BCUT2D eigenvalue weighted by Gasteiger charge is -2.27. The zero-order valence-corrected chi connectivity index (χ0v) is 14.8. The molecule has 2 heterocycles. The first kappa shape index (κ1) is 16.7. The first-order valence-corrected chi connectivity index (χ1v) is 9.77. The second-order valence-corrected chi connectivity index (χ2v) is 7.65. The Morgan fingerprint density at radius 3 is 2.87 bits per heavy atom. The van der Waals surface area contributed by atoms with Crippen molar-refractivity contribution in [3.8, 4) is 0 Å². The normalized spacial score (nSPS) is 21.4. The molecule has 1 unspecified atom stereocenters. The van der Waals surface area contributed by atoms with Gasteiger partial charge in [0.05, 0.1) is 0 Å². The van der Waals surface area contributed by atoms with Crippen molar-refractivity contribution < 1.29 is 4.79 Å². The van der Waals surface area contributed by atoms with E-state index in [1.165, 1.54) is 24.1 Å². The van der Waals surface area contributed by atoms with Crippen LogP contribution in [0.15, 0.2) is 24.3 Å². The van der Waals surface area contributed by atoms with Crippen LogP contribution in [0.3, 0.4) is 0 Å². The fraction of sp³-hybridized carbons (Fsp3) is 0.611. The average Bonchev–Trinajstić information content (AvgIpc) is 3.10. The highest BCUT2D eigenvalue weighted by Crippen LogP contribution is 2.25. The van der Waals surface area contributed by atoms with E-state index < -0.39 is 0 Å². The van der Waals surface area contributed by atoms with Gasteiger partial charge in [-0.2, -0.15) is 11.8 Å². The molecule has 5 heteroatoms. The third kappa shape index (κ3) is 4.42. The van der Waals surface area contributed by atoms with Crippen molar-refractivity contribution in [1.29, 1.82) is 0 Å². The molecule has 1 aromatic rings. The maximum absolute atomic E-state index is 12.5.